The van der Waals surface area contributed by atoms with Crippen LogP contribution in [0.1, 0.15) is 12.8 Å². The first-order chi connectivity index (χ1) is 7.16. The van der Waals surface area contributed by atoms with Gasteiger partial charge >= 0.3 is 0 Å². The second-order valence-electron chi connectivity index (χ2n) is 3.59. The fourth-order valence-electron chi connectivity index (χ4n) is 1.64. The summed E-state index contributed by atoms with van der Waals surface area (Å²) in [6.45, 7) is 0.896. The van der Waals surface area contributed by atoms with Crippen LogP contribution in [0.15, 0.2) is 17.0 Å². The van der Waals surface area contributed by atoms with E-state index in [2.05, 4.69) is 19.7 Å². The smallest absolute Gasteiger partial charge is 0.234 e. The molecule has 1 aliphatic rings. The molecule has 1 fully saturated rings. The minimum Gasteiger partial charge on any atom is -0.362 e. The highest BCUT2D eigenvalue weighted by Gasteiger charge is 2.22. The lowest BCUT2D eigenvalue weighted by Crippen LogP contribution is -2.32. The number of hydrogen-bond donors (Lipinski definition) is 2. The number of nitrogens with zero attached hydrogens (tertiary/aromatic N) is 1. The van der Waals surface area contributed by atoms with Crippen molar-refractivity contribution in [2.24, 2.45) is 0 Å². The summed E-state index contributed by atoms with van der Waals surface area (Å²) in [4.78, 5) is 0. The van der Waals surface area contributed by atoms with Gasteiger partial charge in [-0.05, 0) is 19.4 Å². The van der Waals surface area contributed by atoms with Crippen molar-refractivity contribution in [3.63, 3.8) is 0 Å². The second-order valence-corrected chi connectivity index (χ2v) is 5.36. The average molecular weight is 231 g/mol. The largest absolute Gasteiger partial charge is 0.362 e. The molecule has 1 aromatic heterocycles. The fraction of sp³-hybridized carbons (Fsp3) is 0.625. The molecule has 1 unspecified atom stereocenters. The Kier molecular flexibility index (Phi) is 2.92. The van der Waals surface area contributed by atoms with Gasteiger partial charge in [0.15, 0.2) is 0 Å². The summed E-state index contributed by atoms with van der Waals surface area (Å²) in [7, 11) is -3.30. The Bertz CT molecular complexity index is 395. The summed E-state index contributed by atoms with van der Waals surface area (Å²) in [6.07, 6.45) is 4.54. The third kappa shape index (κ3) is 2.93. The number of sulfonamides is 1. The number of nitrogens with one attached hydrogen (secondary N) is 2. The molecule has 0 aromatic carbocycles. The monoisotopic (exact) mass is 231 g/mol. The van der Waals surface area contributed by atoms with Gasteiger partial charge in [-0.3, -0.25) is 4.72 Å². The molecule has 84 valence electrons. The summed E-state index contributed by atoms with van der Waals surface area (Å²) in [5.74, 6) is 0.0954. The Hall–Kier alpha value is -1.08. The molecule has 0 saturated carbocycles. The van der Waals surface area contributed by atoms with Crippen molar-refractivity contribution >= 4 is 15.7 Å². The summed E-state index contributed by atoms with van der Waals surface area (Å²) in [5, 5.41) is 6.55. The molecule has 0 bridgehead atoms. The van der Waals surface area contributed by atoms with E-state index in [1.165, 1.54) is 12.5 Å². The van der Waals surface area contributed by atoms with Crippen molar-refractivity contribution < 1.29 is 12.9 Å². The van der Waals surface area contributed by atoms with Gasteiger partial charge in [-0.1, -0.05) is 5.16 Å². The van der Waals surface area contributed by atoms with E-state index in [0.29, 0.717) is 5.69 Å². The van der Waals surface area contributed by atoms with Crippen molar-refractivity contribution in [1.82, 2.24) is 10.5 Å². The first-order valence-electron chi connectivity index (χ1n) is 4.79. The van der Waals surface area contributed by atoms with Gasteiger partial charge in [0.05, 0.1) is 11.9 Å². The van der Waals surface area contributed by atoms with E-state index in [1.54, 1.807) is 0 Å². The third-order valence-corrected chi connectivity index (χ3v) is 3.68. The van der Waals surface area contributed by atoms with E-state index in [-0.39, 0.29) is 11.8 Å². The summed E-state index contributed by atoms with van der Waals surface area (Å²) in [5.41, 5.74) is 0.369. The molecule has 0 spiro atoms. The van der Waals surface area contributed by atoms with Gasteiger partial charge in [-0.2, -0.15) is 0 Å². The van der Waals surface area contributed by atoms with Gasteiger partial charge in [-0.15, -0.1) is 0 Å². The number of anilines is 1. The molecular weight excluding hydrogens is 218 g/mol. The third-order valence-electron chi connectivity index (χ3n) is 2.29. The van der Waals surface area contributed by atoms with Crippen LogP contribution in [0.3, 0.4) is 0 Å². The van der Waals surface area contributed by atoms with Gasteiger partial charge in [0.1, 0.15) is 12.0 Å². The molecule has 1 atom stereocenters. The van der Waals surface area contributed by atoms with E-state index in [0.717, 1.165) is 19.4 Å². The van der Waals surface area contributed by atoms with Crippen LogP contribution in [0.2, 0.25) is 0 Å². The second kappa shape index (κ2) is 4.19. The van der Waals surface area contributed by atoms with Crippen LogP contribution in [-0.2, 0) is 10.0 Å². The summed E-state index contributed by atoms with van der Waals surface area (Å²) < 4.78 is 30.2. The van der Waals surface area contributed by atoms with E-state index >= 15 is 0 Å². The molecule has 0 aliphatic carbocycles. The van der Waals surface area contributed by atoms with E-state index in [4.69, 9.17) is 0 Å². The van der Waals surface area contributed by atoms with Crippen molar-refractivity contribution in [2.45, 2.75) is 18.9 Å². The predicted octanol–water partition coefficient (Wildman–Crippen LogP) is 0.168. The van der Waals surface area contributed by atoms with Crippen LogP contribution in [0.4, 0.5) is 5.69 Å². The van der Waals surface area contributed by atoms with Crippen LogP contribution in [0.5, 0.6) is 0 Å². The maximum absolute atomic E-state index is 11.6. The first-order valence-corrected chi connectivity index (χ1v) is 6.44. The molecule has 2 rings (SSSR count). The van der Waals surface area contributed by atoms with Crippen molar-refractivity contribution in [1.29, 1.82) is 0 Å². The highest BCUT2D eigenvalue weighted by molar-refractivity contribution is 7.92. The number of rotatable bonds is 4. The normalized spacial score (nSPS) is 21.7. The molecule has 1 saturated heterocycles. The van der Waals surface area contributed by atoms with Gasteiger partial charge in [0, 0.05) is 6.04 Å². The molecular formula is C8H13N3O3S. The zero-order valence-electron chi connectivity index (χ0n) is 8.14. The van der Waals surface area contributed by atoms with Crippen LogP contribution < -0.4 is 10.0 Å². The van der Waals surface area contributed by atoms with E-state index in [9.17, 15) is 8.42 Å². The lowest BCUT2D eigenvalue weighted by atomic mass is 10.3. The quantitative estimate of drug-likeness (QED) is 0.771. The first kappa shape index (κ1) is 10.4. The van der Waals surface area contributed by atoms with Crippen LogP contribution >= 0.6 is 0 Å². The highest BCUT2D eigenvalue weighted by atomic mass is 32.2. The Morgan fingerprint density at radius 3 is 3.13 bits per heavy atom. The molecule has 0 radical (unpaired) electrons. The van der Waals surface area contributed by atoms with Crippen LogP contribution in [0, 0.1) is 0 Å². The molecule has 1 aliphatic heterocycles. The highest BCUT2D eigenvalue weighted by Crippen LogP contribution is 2.11. The molecule has 7 heteroatoms. The number of aromatic nitrogens is 1. The SMILES string of the molecule is O=S(=O)(CC1CCCN1)Nc1cnoc1. The molecule has 6 nitrogen and oxygen atoms in total. The number of hydrogen-bond acceptors (Lipinski definition) is 5. The molecule has 2 heterocycles. The summed E-state index contributed by atoms with van der Waals surface area (Å²) in [6, 6.07) is 0.0577. The van der Waals surface area contributed by atoms with Crippen molar-refractivity contribution in [2.75, 3.05) is 17.0 Å². The van der Waals surface area contributed by atoms with Gasteiger partial charge in [0.25, 0.3) is 0 Å². The zero-order valence-corrected chi connectivity index (χ0v) is 8.96. The Morgan fingerprint density at radius 1 is 1.67 bits per heavy atom. The fourth-order valence-corrected chi connectivity index (χ4v) is 3.00. The molecule has 1 aromatic rings. The molecule has 15 heavy (non-hydrogen) atoms. The zero-order chi connectivity index (χ0) is 10.7. The Labute approximate surface area is 88.1 Å². The van der Waals surface area contributed by atoms with Crippen LogP contribution in [0.25, 0.3) is 0 Å². The Morgan fingerprint density at radius 2 is 2.53 bits per heavy atom. The lowest BCUT2D eigenvalue weighted by Gasteiger charge is -2.10. The predicted molar refractivity (Wildman–Crippen MR) is 54.9 cm³/mol. The molecule has 2 N–H and O–H groups in total. The maximum atomic E-state index is 11.6. The average Bonchev–Trinajstić information content (AvgIpc) is 2.75. The topological polar surface area (TPSA) is 84.2 Å². The van der Waals surface area contributed by atoms with Gasteiger partial charge in [0.2, 0.25) is 10.0 Å². The van der Waals surface area contributed by atoms with Gasteiger partial charge < -0.3 is 9.84 Å². The van der Waals surface area contributed by atoms with Crippen molar-refractivity contribution in [3.8, 4) is 0 Å². The Balaban J connectivity index is 1.94. The van der Waals surface area contributed by atoms with Crippen LogP contribution in [-0.4, -0.2) is 31.9 Å². The minimum atomic E-state index is -3.30. The van der Waals surface area contributed by atoms with Gasteiger partial charge in [-0.25, -0.2) is 8.42 Å². The van der Waals surface area contributed by atoms with E-state index in [1.807, 2.05) is 0 Å². The summed E-state index contributed by atoms with van der Waals surface area (Å²) >= 11 is 0. The van der Waals surface area contributed by atoms with Crippen molar-refractivity contribution in [3.05, 3.63) is 12.5 Å². The maximum Gasteiger partial charge on any atom is 0.234 e. The minimum absolute atomic E-state index is 0.0577. The molecule has 0 amide bonds. The lowest BCUT2D eigenvalue weighted by molar-refractivity contribution is 0.420. The standard InChI is InChI=1S/C8H13N3O3S/c12-15(13,6-7-2-1-3-9-7)11-8-4-10-14-5-8/h4-5,7,9,11H,1-3,6H2. The van der Waals surface area contributed by atoms with E-state index < -0.39 is 10.0 Å².